The summed E-state index contributed by atoms with van der Waals surface area (Å²) in [5, 5.41) is 3.34. The second-order valence-corrected chi connectivity index (χ2v) is 5.72. The van der Waals surface area contributed by atoms with Gasteiger partial charge in [-0.05, 0) is 36.1 Å². The number of hydrogen-bond donors (Lipinski definition) is 1. The molecule has 1 aromatic rings. The molecule has 0 radical (unpaired) electrons. The van der Waals surface area contributed by atoms with E-state index in [1.807, 2.05) is 6.07 Å². The van der Waals surface area contributed by atoms with Crippen LogP contribution in [0.25, 0.3) is 0 Å². The Labute approximate surface area is 97.7 Å². The molecule has 2 rings (SSSR count). The van der Waals surface area contributed by atoms with Gasteiger partial charge in [-0.15, -0.1) is 0 Å². The predicted octanol–water partition coefficient (Wildman–Crippen LogP) is 1.78. The van der Waals surface area contributed by atoms with E-state index < -0.39 is 10.8 Å². The van der Waals surface area contributed by atoms with Crippen LogP contribution >= 0.6 is 0 Å². The lowest BCUT2D eigenvalue weighted by Gasteiger charge is -2.13. The molecule has 2 unspecified atom stereocenters. The lowest BCUT2D eigenvalue weighted by molar-refractivity contribution is 0.545. The van der Waals surface area contributed by atoms with Crippen LogP contribution < -0.4 is 5.32 Å². The highest BCUT2D eigenvalue weighted by Gasteiger charge is 2.22. The predicted molar refractivity (Wildman–Crippen MR) is 64.4 cm³/mol. The van der Waals surface area contributed by atoms with Gasteiger partial charge in [0, 0.05) is 35.4 Å². The summed E-state index contributed by atoms with van der Waals surface area (Å²) in [7, 11) is -0.764. The van der Waals surface area contributed by atoms with Gasteiger partial charge < -0.3 is 5.32 Å². The monoisotopic (exact) mass is 241 g/mol. The van der Waals surface area contributed by atoms with E-state index in [4.69, 9.17) is 0 Å². The fourth-order valence-electron chi connectivity index (χ4n) is 2.16. The van der Waals surface area contributed by atoms with Crippen molar-refractivity contribution in [3.63, 3.8) is 0 Å². The first kappa shape index (κ1) is 11.7. The Morgan fingerprint density at radius 2 is 2.38 bits per heavy atom. The Morgan fingerprint density at radius 1 is 1.56 bits per heavy atom. The molecule has 0 aliphatic heterocycles. The van der Waals surface area contributed by atoms with E-state index in [2.05, 4.69) is 5.32 Å². The average molecular weight is 241 g/mol. The number of rotatable bonds is 4. The quantitative estimate of drug-likeness (QED) is 0.870. The standard InChI is InChI=1S/C12H16FNOS/c1-16(15)7-6-14-12-5-3-9-2-4-10(13)8-11(9)12/h2,4,8,12,14H,3,5-7H2,1H3. The van der Waals surface area contributed by atoms with Gasteiger partial charge >= 0.3 is 0 Å². The van der Waals surface area contributed by atoms with E-state index in [-0.39, 0.29) is 11.9 Å². The van der Waals surface area contributed by atoms with Gasteiger partial charge in [-0.3, -0.25) is 4.21 Å². The van der Waals surface area contributed by atoms with Crippen molar-refractivity contribution < 1.29 is 8.60 Å². The van der Waals surface area contributed by atoms with Gasteiger partial charge in [-0.2, -0.15) is 0 Å². The lowest BCUT2D eigenvalue weighted by Crippen LogP contribution is -2.24. The number of fused-ring (bicyclic) bond motifs is 1. The van der Waals surface area contributed by atoms with E-state index in [0.29, 0.717) is 5.75 Å². The molecule has 1 aliphatic rings. The number of halogens is 1. The molecule has 0 saturated heterocycles. The molecule has 1 aliphatic carbocycles. The van der Waals surface area contributed by atoms with Crippen molar-refractivity contribution in [2.75, 3.05) is 18.6 Å². The SMILES string of the molecule is CS(=O)CCNC1CCc2ccc(F)cc21. The first-order chi connectivity index (χ1) is 7.66. The molecule has 2 nitrogen and oxygen atoms in total. The van der Waals surface area contributed by atoms with Crippen LogP contribution in [-0.2, 0) is 17.2 Å². The van der Waals surface area contributed by atoms with Crippen LogP contribution in [0, 0.1) is 5.82 Å². The van der Waals surface area contributed by atoms with Gasteiger partial charge in [0.1, 0.15) is 5.82 Å². The fraction of sp³-hybridized carbons (Fsp3) is 0.500. The van der Waals surface area contributed by atoms with Crippen LogP contribution in [0.4, 0.5) is 4.39 Å². The first-order valence-electron chi connectivity index (χ1n) is 5.48. The van der Waals surface area contributed by atoms with Crippen molar-refractivity contribution in [1.82, 2.24) is 5.32 Å². The number of aryl methyl sites for hydroxylation is 1. The smallest absolute Gasteiger partial charge is 0.123 e. The van der Waals surface area contributed by atoms with E-state index in [1.165, 1.54) is 11.6 Å². The molecule has 88 valence electrons. The maximum absolute atomic E-state index is 13.1. The van der Waals surface area contributed by atoms with Crippen molar-refractivity contribution in [2.24, 2.45) is 0 Å². The van der Waals surface area contributed by atoms with Gasteiger partial charge in [0.25, 0.3) is 0 Å². The molecule has 2 atom stereocenters. The Kier molecular flexibility index (Phi) is 3.71. The highest BCUT2D eigenvalue weighted by atomic mass is 32.2. The van der Waals surface area contributed by atoms with E-state index in [0.717, 1.165) is 24.9 Å². The van der Waals surface area contributed by atoms with E-state index in [9.17, 15) is 8.60 Å². The molecule has 0 amide bonds. The third-order valence-corrected chi connectivity index (χ3v) is 3.74. The number of nitrogens with one attached hydrogen (secondary N) is 1. The fourth-order valence-corrected chi connectivity index (χ4v) is 2.57. The minimum atomic E-state index is -0.764. The Hall–Kier alpha value is -0.740. The maximum Gasteiger partial charge on any atom is 0.123 e. The zero-order chi connectivity index (χ0) is 11.5. The second kappa shape index (κ2) is 5.06. The molecule has 16 heavy (non-hydrogen) atoms. The van der Waals surface area contributed by atoms with E-state index in [1.54, 1.807) is 12.3 Å². The van der Waals surface area contributed by atoms with Crippen LogP contribution in [0.5, 0.6) is 0 Å². The zero-order valence-electron chi connectivity index (χ0n) is 9.33. The molecule has 0 fully saturated rings. The van der Waals surface area contributed by atoms with Gasteiger partial charge in [0.05, 0.1) is 0 Å². The van der Waals surface area contributed by atoms with E-state index >= 15 is 0 Å². The molecule has 0 saturated carbocycles. The third-order valence-electron chi connectivity index (χ3n) is 2.97. The van der Waals surface area contributed by atoms with Gasteiger partial charge in [0.15, 0.2) is 0 Å². The number of benzene rings is 1. The summed E-state index contributed by atoms with van der Waals surface area (Å²) in [6.45, 7) is 0.726. The van der Waals surface area contributed by atoms with Crippen molar-refractivity contribution >= 4 is 10.8 Å². The molecular weight excluding hydrogens is 225 g/mol. The van der Waals surface area contributed by atoms with Crippen molar-refractivity contribution in [2.45, 2.75) is 18.9 Å². The first-order valence-corrected chi connectivity index (χ1v) is 7.21. The molecule has 0 aromatic heterocycles. The summed E-state index contributed by atoms with van der Waals surface area (Å²) in [4.78, 5) is 0. The Bertz CT molecular complexity index is 408. The van der Waals surface area contributed by atoms with Gasteiger partial charge in [-0.25, -0.2) is 4.39 Å². The molecule has 0 heterocycles. The highest BCUT2D eigenvalue weighted by Crippen LogP contribution is 2.31. The summed E-state index contributed by atoms with van der Waals surface area (Å²) in [6, 6.07) is 5.23. The van der Waals surface area contributed by atoms with Gasteiger partial charge in [-0.1, -0.05) is 6.07 Å². The van der Waals surface area contributed by atoms with Crippen LogP contribution in [0.3, 0.4) is 0 Å². The van der Waals surface area contributed by atoms with Crippen LogP contribution in [0.1, 0.15) is 23.6 Å². The largest absolute Gasteiger partial charge is 0.309 e. The molecular formula is C12H16FNOS. The summed E-state index contributed by atoms with van der Waals surface area (Å²) < 4.78 is 24.0. The molecule has 4 heteroatoms. The maximum atomic E-state index is 13.1. The third kappa shape index (κ3) is 2.68. The minimum Gasteiger partial charge on any atom is -0.309 e. The summed E-state index contributed by atoms with van der Waals surface area (Å²) >= 11 is 0. The molecule has 1 N–H and O–H groups in total. The zero-order valence-corrected chi connectivity index (χ0v) is 10.1. The molecule has 0 spiro atoms. The Morgan fingerprint density at radius 3 is 3.12 bits per heavy atom. The topological polar surface area (TPSA) is 29.1 Å². The van der Waals surface area contributed by atoms with Crippen molar-refractivity contribution in [1.29, 1.82) is 0 Å². The summed E-state index contributed by atoms with van der Waals surface area (Å²) in [5.74, 6) is 0.479. The summed E-state index contributed by atoms with van der Waals surface area (Å²) in [6.07, 6.45) is 3.71. The molecule has 0 bridgehead atoms. The lowest BCUT2D eigenvalue weighted by atomic mass is 10.1. The van der Waals surface area contributed by atoms with Crippen molar-refractivity contribution in [3.05, 3.63) is 35.1 Å². The number of hydrogen-bond acceptors (Lipinski definition) is 2. The second-order valence-electron chi connectivity index (χ2n) is 4.17. The normalized spacial score (nSPS) is 20.8. The van der Waals surface area contributed by atoms with Crippen LogP contribution in [0.2, 0.25) is 0 Å². The minimum absolute atomic E-state index is 0.175. The van der Waals surface area contributed by atoms with Crippen LogP contribution in [0.15, 0.2) is 18.2 Å². The Balaban J connectivity index is 2.00. The van der Waals surface area contributed by atoms with Crippen LogP contribution in [-0.4, -0.2) is 22.8 Å². The summed E-state index contributed by atoms with van der Waals surface area (Å²) in [5.41, 5.74) is 2.30. The van der Waals surface area contributed by atoms with Gasteiger partial charge in [0.2, 0.25) is 0 Å². The van der Waals surface area contributed by atoms with Crippen molar-refractivity contribution in [3.8, 4) is 0 Å². The average Bonchev–Trinajstić information content (AvgIpc) is 2.60. The molecule has 1 aromatic carbocycles. The highest BCUT2D eigenvalue weighted by molar-refractivity contribution is 7.84.